The summed E-state index contributed by atoms with van der Waals surface area (Å²) in [6.45, 7) is 5.52. The smallest absolute Gasteiger partial charge is 0.323 e. The normalized spacial score (nSPS) is 11.8. The van der Waals surface area contributed by atoms with E-state index in [0.29, 0.717) is 33.7 Å². The Kier molecular flexibility index (Phi) is 7.26. The van der Waals surface area contributed by atoms with Crippen LogP contribution in [0.2, 0.25) is 10.0 Å². The van der Waals surface area contributed by atoms with Crippen LogP contribution in [-0.4, -0.2) is 25.5 Å². The van der Waals surface area contributed by atoms with Crippen LogP contribution in [0, 0.1) is 20.8 Å². The first-order valence-electron chi connectivity index (χ1n) is 9.46. The molecule has 3 aromatic rings. The van der Waals surface area contributed by atoms with Gasteiger partial charge in [0.15, 0.2) is 5.69 Å². The highest BCUT2D eigenvalue weighted by molar-refractivity contribution is 9.10. The summed E-state index contributed by atoms with van der Waals surface area (Å²) in [4.78, 5) is 12.5. The number of alkyl halides is 3. The highest BCUT2D eigenvalue weighted by atomic mass is 79.9. The Hall–Kier alpha value is -2.04. The Balaban J connectivity index is 1.69. The fourth-order valence-corrected chi connectivity index (χ4v) is 4.00. The van der Waals surface area contributed by atoms with Gasteiger partial charge >= 0.3 is 6.18 Å². The fourth-order valence-electron chi connectivity index (χ4n) is 3.18. The van der Waals surface area contributed by atoms with E-state index in [9.17, 15) is 18.0 Å². The lowest BCUT2D eigenvalue weighted by molar-refractivity contribution is -0.142. The van der Waals surface area contributed by atoms with Crippen molar-refractivity contribution >= 4 is 50.7 Å². The van der Waals surface area contributed by atoms with Gasteiger partial charge in [-0.1, -0.05) is 29.3 Å². The first kappa shape index (κ1) is 24.6. The van der Waals surface area contributed by atoms with Gasteiger partial charge < -0.3 is 5.32 Å². The molecule has 0 saturated carbocycles. The van der Waals surface area contributed by atoms with Crippen molar-refractivity contribution in [1.82, 2.24) is 19.6 Å². The zero-order chi connectivity index (χ0) is 23.8. The minimum atomic E-state index is -4.58. The first-order chi connectivity index (χ1) is 14.9. The number of hydrogen-bond acceptors (Lipinski definition) is 3. The molecule has 0 spiro atoms. The number of carbonyl (C=O) groups excluding carboxylic acids is 1. The summed E-state index contributed by atoms with van der Waals surface area (Å²) < 4.78 is 41.8. The van der Waals surface area contributed by atoms with Gasteiger partial charge in [-0.05, 0) is 54.4 Å². The van der Waals surface area contributed by atoms with Crippen LogP contribution >= 0.6 is 39.1 Å². The van der Waals surface area contributed by atoms with Gasteiger partial charge in [0.1, 0.15) is 0 Å². The topological polar surface area (TPSA) is 64.7 Å². The van der Waals surface area contributed by atoms with E-state index < -0.39 is 11.9 Å². The molecule has 6 nitrogen and oxygen atoms in total. The number of aromatic nitrogens is 4. The molecular weight excluding hydrogens is 534 g/mol. The maximum atomic E-state index is 13.0. The maximum Gasteiger partial charge on any atom is 0.436 e. The summed E-state index contributed by atoms with van der Waals surface area (Å²) in [6.07, 6.45) is -4.63. The lowest BCUT2D eigenvalue weighted by Crippen LogP contribution is -2.17. The van der Waals surface area contributed by atoms with Gasteiger partial charge in [0, 0.05) is 6.42 Å². The van der Waals surface area contributed by atoms with Crippen molar-refractivity contribution in [2.45, 2.75) is 46.5 Å². The molecule has 12 heteroatoms. The van der Waals surface area contributed by atoms with Gasteiger partial charge in [0.05, 0.1) is 50.4 Å². The quantitative estimate of drug-likeness (QED) is 0.397. The number of rotatable bonds is 6. The summed E-state index contributed by atoms with van der Waals surface area (Å²) in [5.41, 5.74) is 2.10. The number of benzene rings is 1. The number of amides is 1. The molecule has 2 aromatic heterocycles. The number of nitrogens with zero attached hydrogens (tertiary/aromatic N) is 4. The molecule has 1 amide bonds. The molecule has 0 radical (unpaired) electrons. The monoisotopic (exact) mass is 551 g/mol. The van der Waals surface area contributed by atoms with E-state index in [2.05, 4.69) is 31.4 Å². The lowest BCUT2D eigenvalue weighted by atomic mass is 10.2. The molecule has 172 valence electrons. The van der Waals surface area contributed by atoms with Crippen LogP contribution in [0.1, 0.15) is 34.8 Å². The average Bonchev–Trinajstić information content (AvgIpc) is 3.14. The van der Waals surface area contributed by atoms with Gasteiger partial charge in [0.25, 0.3) is 0 Å². The third-order valence-corrected chi connectivity index (χ3v) is 6.60. The van der Waals surface area contributed by atoms with E-state index in [0.717, 1.165) is 11.3 Å². The van der Waals surface area contributed by atoms with Gasteiger partial charge in [-0.25, -0.2) is 0 Å². The van der Waals surface area contributed by atoms with Crippen LogP contribution in [0.15, 0.2) is 22.7 Å². The second-order valence-electron chi connectivity index (χ2n) is 7.22. The highest BCUT2D eigenvalue weighted by Crippen LogP contribution is 2.35. The predicted molar refractivity (Wildman–Crippen MR) is 120 cm³/mol. The standard InChI is InChI=1S/C20H19BrCl2F3N5O/c1-10-18(12(3)31(28-10)9-13-4-5-14(22)15(23)8-13)27-16(32)6-7-30-11(2)17(21)19(29-30)20(24,25)26/h4-5,8H,6-7,9H2,1-3H3,(H,27,32). The molecule has 0 bridgehead atoms. The molecule has 0 atom stereocenters. The molecule has 0 fully saturated rings. The van der Waals surface area contributed by atoms with Crippen molar-refractivity contribution < 1.29 is 18.0 Å². The average molecular weight is 553 g/mol. The molecule has 0 aliphatic rings. The minimum Gasteiger partial charge on any atom is -0.323 e. The molecule has 32 heavy (non-hydrogen) atoms. The summed E-state index contributed by atoms with van der Waals surface area (Å²) in [7, 11) is 0. The van der Waals surface area contributed by atoms with Crippen molar-refractivity contribution in [3.63, 3.8) is 0 Å². The number of halogens is 6. The molecule has 0 aliphatic carbocycles. The second-order valence-corrected chi connectivity index (χ2v) is 8.83. The maximum absolute atomic E-state index is 13.0. The Bertz CT molecular complexity index is 1170. The molecule has 1 N–H and O–H groups in total. The van der Waals surface area contributed by atoms with Crippen LogP contribution < -0.4 is 5.32 Å². The van der Waals surface area contributed by atoms with Crippen LogP contribution in [0.4, 0.5) is 18.9 Å². The third-order valence-electron chi connectivity index (χ3n) is 4.91. The van der Waals surface area contributed by atoms with Crippen LogP contribution in [-0.2, 0) is 24.1 Å². The third kappa shape index (κ3) is 5.29. The summed E-state index contributed by atoms with van der Waals surface area (Å²) >= 11 is 14.9. The molecule has 0 saturated heterocycles. The molecule has 2 heterocycles. The predicted octanol–water partition coefficient (Wildman–Crippen LogP) is 6.17. The zero-order valence-electron chi connectivity index (χ0n) is 17.3. The minimum absolute atomic E-state index is 0.00184. The van der Waals surface area contributed by atoms with Crippen molar-refractivity contribution in [2.24, 2.45) is 0 Å². The van der Waals surface area contributed by atoms with Gasteiger partial charge in [-0.3, -0.25) is 14.2 Å². The Morgan fingerprint density at radius 1 is 1.09 bits per heavy atom. The van der Waals surface area contributed by atoms with E-state index in [1.54, 1.807) is 23.7 Å². The number of hydrogen-bond donors (Lipinski definition) is 1. The molecular formula is C20H19BrCl2F3N5O. The van der Waals surface area contributed by atoms with E-state index >= 15 is 0 Å². The largest absolute Gasteiger partial charge is 0.436 e. The lowest BCUT2D eigenvalue weighted by Gasteiger charge is -2.09. The van der Waals surface area contributed by atoms with Gasteiger partial charge in [-0.15, -0.1) is 0 Å². The van der Waals surface area contributed by atoms with Crippen LogP contribution in [0.5, 0.6) is 0 Å². The zero-order valence-corrected chi connectivity index (χ0v) is 20.4. The van der Waals surface area contributed by atoms with E-state index in [1.165, 1.54) is 11.6 Å². The van der Waals surface area contributed by atoms with E-state index in [1.807, 2.05) is 13.0 Å². The van der Waals surface area contributed by atoms with Gasteiger partial charge in [0.2, 0.25) is 5.91 Å². The number of aryl methyl sites for hydroxylation is 2. The van der Waals surface area contributed by atoms with Crippen LogP contribution in [0.25, 0.3) is 0 Å². The van der Waals surface area contributed by atoms with Crippen LogP contribution in [0.3, 0.4) is 0 Å². The second kappa shape index (κ2) is 9.44. The van der Waals surface area contributed by atoms with E-state index in [-0.39, 0.29) is 23.3 Å². The van der Waals surface area contributed by atoms with E-state index in [4.69, 9.17) is 23.2 Å². The molecule has 0 aliphatic heterocycles. The molecule has 3 rings (SSSR count). The Labute approximate surface area is 200 Å². The highest BCUT2D eigenvalue weighted by Gasteiger charge is 2.37. The number of nitrogens with one attached hydrogen (secondary N) is 1. The molecule has 1 aromatic carbocycles. The summed E-state index contributed by atoms with van der Waals surface area (Å²) in [5.74, 6) is -0.357. The molecule has 0 unspecified atom stereocenters. The number of carbonyl (C=O) groups is 1. The summed E-state index contributed by atoms with van der Waals surface area (Å²) in [6, 6.07) is 5.29. The Morgan fingerprint density at radius 3 is 2.38 bits per heavy atom. The van der Waals surface area contributed by atoms with Crippen molar-refractivity contribution in [3.05, 3.63) is 61.1 Å². The van der Waals surface area contributed by atoms with Crippen molar-refractivity contribution in [3.8, 4) is 0 Å². The number of anilines is 1. The van der Waals surface area contributed by atoms with Crippen molar-refractivity contribution in [1.29, 1.82) is 0 Å². The van der Waals surface area contributed by atoms with Crippen molar-refractivity contribution in [2.75, 3.05) is 5.32 Å². The van der Waals surface area contributed by atoms with Gasteiger partial charge in [-0.2, -0.15) is 23.4 Å². The Morgan fingerprint density at radius 2 is 1.78 bits per heavy atom. The first-order valence-corrected chi connectivity index (χ1v) is 11.0. The summed E-state index contributed by atoms with van der Waals surface area (Å²) in [5, 5.41) is 11.7. The fraction of sp³-hybridized carbons (Fsp3) is 0.350. The SMILES string of the molecule is Cc1nn(Cc2ccc(Cl)c(Cl)c2)c(C)c1NC(=O)CCn1nc(C(F)(F)F)c(Br)c1C.